The van der Waals surface area contributed by atoms with E-state index in [1.807, 2.05) is 30.4 Å². The number of hydrogen-bond acceptors (Lipinski definition) is 4. The summed E-state index contributed by atoms with van der Waals surface area (Å²) in [6.07, 6.45) is 3.82. The fraction of sp³-hybridized carbons (Fsp3) is 0.545. The van der Waals surface area contributed by atoms with E-state index < -0.39 is 6.10 Å². The van der Waals surface area contributed by atoms with Gasteiger partial charge in [-0.2, -0.15) is 0 Å². The second kappa shape index (κ2) is 6.17. The molecule has 0 aliphatic carbocycles. The number of carbonyl (C=O) groups is 1. The molecule has 2 N–H and O–H groups in total. The fourth-order valence-electron chi connectivity index (χ4n) is 1.45. The van der Waals surface area contributed by atoms with Crippen molar-refractivity contribution in [2.75, 3.05) is 25.6 Å². The molecule has 1 rings (SSSR count). The highest BCUT2D eigenvalue weighted by Crippen LogP contribution is 2.11. The van der Waals surface area contributed by atoms with Crippen LogP contribution in [0.15, 0.2) is 18.5 Å². The van der Waals surface area contributed by atoms with E-state index >= 15 is 0 Å². The molecule has 0 aliphatic rings. The number of ether oxygens (including phenoxy) is 1. The maximum atomic E-state index is 10.9. The SMILES string of the molecule is COC(=O)CCC(O)CN(C)c1cc[nH]c1. The lowest BCUT2D eigenvalue weighted by Crippen LogP contribution is -2.29. The first-order valence-corrected chi connectivity index (χ1v) is 5.22. The molecule has 1 atom stereocenters. The van der Waals surface area contributed by atoms with Crippen molar-refractivity contribution >= 4 is 11.7 Å². The minimum absolute atomic E-state index is 0.249. The standard InChI is InChI=1S/C11H18N2O3/c1-13(9-5-6-12-7-9)8-10(14)3-4-11(15)16-2/h5-7,10,12,14H,3-4,8H2,1-2H3. The minimum Gasteiger partial charge on any atom is -0.469 e. The number of likely N-dealkylation sites (N-methyl/N-ethyl adjacent to an activating group) is 1. The van der Waals surface area contributed by atoms with E-state index in [2.05, 4.69) is 9.72 Å². The van der Waals surface area contributed by atoms with Gasteiger partial charge in [-0.05, 0) is 12.5 Å². The first-order chi connectivity index (χ1) is 7.63. The van der Waals surface area contributed by atoms with Crippen LogP contribution < -0.4 is 4.90 Å². The zero-order valence-electron chi connectivity index (χ0n) is 9.64. The Morgan fingerprint density at radius 3 is 3.00 bits per heavy atom. The van der Waals surface area contributed by atoms with Gasteiger partial charge in [0.15, 0.2) is 0 Å². The van der Waals surface area contributed by atoms with Crippen molar-refractivity contribution in [2.45, 2.75) is 18.9 Å². The Morgan fingerprint density at radius 2 is 2.44 bits per heavy atom. The van der Waals surface area contributed by atoms with Crippen molar-refractivity contribution in [3.63, 3.8) is 0 Å². The molecule has 1 unspecified atom stereocenters. The molecule has 5 nitrogen and oxygen atoms in total. The fourth-order valence-corrected chi connectivity index (χ4v) is 1.45. The van der Waals surface area contributed by atoms with Crippen molar-refractivity contribution < 1.29 is 14.6 Å². The number of aliphatic hydroxyl groups is 1. The first-order valence-electron chi connectivity index (χ1n) is 5.22. The summed E-state index contributed by atoms with van der Waals surface area (Å²) in [6, 6.07) is 1.92. The van der Waals surface area contributed by atoms with Crippen molar-refractivity contribution in [3.8, 4) is 0 Å². The number of anilines is 1. The van der Waals surface area contributed by atoms with Gasteiger partial charge in [0, 0.05) is 32.4 Å². The zero-order valence-corrected chi connectivity index (χ0v) is 9.64. The summed E-state index contributed by atoms with van der Waals surface area (Å²) in [5, 5.41) is 9.70. The maximum Gasteiger partial charge on any atom is 0.305 e. The molecule has 0 aromatic carbocycles. The number of H-pyrrole nitrogens is 1. The van der Waals surface area contributed by atoms with Crippen molar-refractivity contribution in [2.24, 2.45) is 0 Å². The molecule has 1 aromatic rings. The molecule has 90 valence electrons. The molecule has 0 saturated heterocycles. The van der Waals surface area contributed by atoms with Crippen LogP contribution in [-0.2, 0) is 9.53 Å². The van der Waals surface area contributed by atoms with Crippen LogP contribution in [-0.4, -0.2) is 42.9 Å². The molecule has 16 heavy (non-hydrogen) atoms. The highest BCUT2D eigenvalue weighted by atomic mass is 16.5. The van der Waals surface area contributed by atoms with Gasteiger partial charge < -0.3 is 19.7 Å². The summed E-state index contributed by atoms with van der Waals surface area (Å²) in [5.41, 5.74) is 1.01. The number of nitrogens with one attached hydrogen (secondary N) is 1. The maximum absolute atomic E-state index is 10.9. The van der Waals surface area contributed by atoms with Crippen LogP contribution in [0.4, 0.5) is 5.69 Å². The monoisotopic (exact) mass is 226 g/mol. The van der Waals surface area contributed by atoms with Gasteiger partial charge in [0.2, 0.25) is 0 Å². The Hall–Kier alpha value is -1.49. The third kappa shape index (κ3) is 3.94. The predicted octanol–water partition coefficient (Wildman–Crippen LogP) is 0.765. The van der Waals surface area contributed by atoms with Gasteiger partial charge in [0.25, 0.3) is 0 Å². The number of aromatic amines is 1. The van der Waals surface area contributed by atoms with Gasteiger partial charge in [0.05, 0.1) is 18.9 Å². The molecular formula is C11H18N2O3. The lowest BCUT2D eigenvalue weighted by Gasteiger charge is -2.21. The number of esters is 1. The number of aliphatic hydroxyl groups excluding tert-OH is 1. The van der Waals surface area contributed by atoms with Gasteiger partial charge in [-0.1, -0.05) is 0 Å². The lowest BCUT2D eigenvalue weighted by atomic mass is 10.2. The summed E-state index contributed by atoms with van der Waals surface area (Å²) in [5.74, 6) is -0.289. The van der Waals surface area contributed by atoms with Gasteiger partial charge in [-0.3, -0.25) is 4.79 Å². The first kappa shape index (κ1) is 12.6. The predicted molar refractivity (Wildman–Crippen MR) is 61.3 cm³/mol. The average Bonchev–Trinajstić information content (AvgIpc) is 2.79. The van der Waals surface area contributed by atoms with Crippen LogP contribution in [0.1, 0.15) is 12.8 Å². The van der Waals surface area contributed by atoms with E-state index in [0.717, 1.165) is 5.69 Å². The highest BCUT2D eigenvalue weighted by Gasteiger charge is 2.11. The Labute approximate surface area is 95.0 Å². The second-order valence-corrected chi connectivity index (χ2v) is 3.72. The smallest absolute Gasteiger partial charge is 0.305 e. The highest BCUT2D eigenvalue weighted by molar-refractivity contribution is 5.69. The van der Waals surface area contributed by atoms with E-state index in [1.165, 1.54) is 7.11 Å². The Kier molecular flexibility index (Phi) is 4.85. The molecule has 0 fully saturated rings. The molecule has 1 aromatic heterocycles. The molecule has 0 spiro atoms. The molecule has 0 saturated carbocycles. The zero-order chi connectivity index (χ0) is 12.0. The Morgan fingerprint density at radius 1 is 1.69 bits per heavy atom. The molecular weight excluding hydrogens is 208 g/mol. The molecule has 0 aliphatic heterocycles. The Bertz CT molecular complexity index is 311. The summed E-state index contributed by atoms with van der Waals surface area (Å²) < 4.78 is 4.51. The average molecular weight is 226 g/mol. The number of carbonyl (C=O) groups excluding carboxylic acids is 1. The van der Waals surface area contributed by atoms with E-state index in [-0.39, 0.29) is 12.4 Å². The number of hydrogen-bond donors (Lipinski definition) is 2. The van der Waals surface area contributed by atoms with E-state index in [1.54, 1.807) is 0 Å². The third-order valence-corrected chi connectivity index (χ3v) is 2.42. The third-order valence-electron chi connectivity index (χ3n) is 2.42. The molecule has 5 heteroatoms. The Balaban J connectivity index is 2.28. The summed E-state index contributed by atoms with van der Waals surface area (Å²) >= 11 is 0. The van der Waals surface area contributed by atoms with Crippen molar-refractivity contribution in [1.82, 2.24) is 4.98 Å². The largest absolute Gasteiger partial charge is 0.469 e. The summed E-state index contributed by atoms with van der Waals surface area (Å²) in [7, 11) is 3.24. The molecule has 0 bridgehead atoms. The summed E-state index contributed by atoms with van der Waals surface area (Å²) in [6.45, 7) is 0.495. The molecule has 1 heterocycles. The van der Waals surface area contributed by atoms with Gasteiger partial charge >= 0.3 is 5.97 Å². The molecule has 0 radical (unpaired) electrons. The number of rotatable bonds is 6. The van der Waals surface area contributed by atoms with Crippen LogP contribution in [0.2, 0.25) is 0 Å². The van der Waals surface area contributed by atoms with E-state index in [9.17, 15) is 9.90 Å². The number of nitrogens with zero attached hydrogens (tertiary/aromatic N) is 1. The van der Waals surface area contributed by atoms with E-state index in [0.29, 0.717) is 13.0 Å². The minimum atomic E-state index is -0.529. The van der Waals surface area contributed by atoms with Crippen LogP contribution in [0.25, 0.3) is 0 Å². The second-order valence-electron chi connectivity index (χ2n) is 3.72. The topological polar surface area (TPSA) is 65.6 Å². The van der Waals surface area contributed by atoms with E-state index in [4.69, 9.17) is 0 Å². The normalized spacial score (nSPS) is 12.2. The van der Waals surface area contributed by atoms with Gasteiger partial charge in [-0.25, -0.2) is 0 Å². The van der Waals surface area contributed by atoms with Crippen molar-refractivity contribution in [1.29, 1.82) is 0 Å². The summed E-state index contributed by atoms with van der Waals surface area (Å²) in [4.78, 5) is 15.8. The van der Waals surface area contributed by atoms with Gasteiger partial charge in [0.1, 0.15) is 0 Å². The number of aromatic nitrogens is 1. The van der Waals surface area contributed by atoms with Crippen LogP contribution in [0.5, 0.6) is 0 Å². The van der Waals surface area contributed by atoms with Crippen LogP contribution in [0.3, 0.4) is 0 Å². The molecule has 0 amide bonds. The van der Waals surface area contributed by atoms with Crippen LogP contribution in [0, 0.1) is 0 Å². The van der Waals surface area contributed by atoms with Gasteiger partial charge in [-0.15, -0.1) is 0 Å². The van der Waals surface area contributed by atoms with Crippen LogP contribution >= 0.6 is 0 Å². The lowest BCUT2D eigenvalue weighted by molar-refractivity contribution is -0.141. The number of methoxy groups -OCH3 is 1. The quantitative estimate of drug-likeness (QED) is 0.703. The van der Waals surface area contributed by atoms with Crippen molar-refractivity contribution in [3.05, 3.63) is 18.5 Å².